The summed E-state index contributed by atoms with van der Waals surface area (Å²) >= 11 is 0. The van der Waals surface area contributed by atoms with Gasteiger partial charge >= 0.3 is 17.9 Å². The lowest BCUT2D eigenvalue weighted by Gasteiger charge is -2.18. The van der Waals surface area contributed by atoms with Crippen molar-refractivity contribution in [3.05, 3.63) is 97.2 Å². The topological polar surface area (TPSA) is 78.9 Å². The minimum absolute atomic E-state index is 0.0975. The summed E-state index contributed by atoms with van der Waals surface area (Å²) in [6.07, 6.45) is 76.8. The van der Waals surface area contributed by atoms with Gasteiger partial charge in [-0.3, -0.25) is 14.4 Å². The minimum atomic E-state index is -0.801. The van der Waals surface area contributed by atoms with Crippen LogP contribution in [-0.4, -0.2) is 37.2 Å². The molecule has 0 bridgehead atoms. The molecule has 1 atom stereocenters. The monoisotopic (exact) mass is 973 g/mol. The molecule has 0 aromatic carbocycles. The van der Waals surface area contributed by atoms with Crippen LogP contribution in [0.15, 0.2) is 97.2 Å². The molecule has 400 valence electrons. The third kappa shape index (κ3) is 55.3. The van der Waals surface area contributed by atoms with Crippen LogP contribution in [0.1, 0.15) is 271 Å². The first kappa shape index (κ1) is 66.3. The summed E-state index contributed by atoms with van der Waals surface area (Å²) in [5.41, 5.74) is 0. The van der Waals surface area contributed by atoms with E-state index >= 15 is 0 Å². The van der Waals surface area contributed by atoms with Crippen molar-refractivity contribution in [3.8, 4) is 0 Å². The van der Waals surface area contributed by atoms with E-state index in [1.165, 1.54) is 109 Å². The van der Waals surface area contributed by atoms with Crippen molar-refractivity contribution in [3.63, 3.8) is 0 Å². The number of carbonyl (C=O) groups excluding carboxylic acids is 3. The normalized spacial score (nSPS) is 12.8. The molecular formula is C64H108O6. The average Bonchev–Trinajstić information content (AvgIpc) is 3.36. The SMILES string of the molecule is CC/C=C\C/C=C\C/C=C\C/C=C\C/C=C\CCCCCC(=O)OCC(COC(=O)CCCCCCC/C=C\C/C=C\CCCCC)OC(=O)CCCCCCCCC/C=C\CCCCCCCCC. The molecule has 0 saturated heterocycles. The molecule has 0 N–H and O–H groups in total. The maximum absolute atomic E-state index is 12.9. The first-order chi connectivity index (χ1) is 34.5. The van der Waals surface area contributed by atoms with E-state index in [2.05, 4.69) is 118 Å². The molecule has 0 amide bonds. The van der Waals surface area contributed by atoms with E-state index in [0.717, 1.165) is 122 Å². The number of carbonyl (C=O) groups is 3. The molecule has 0 fully saturated rings. The summed E-state index contributed by atoms with van der Waals surface area (Å²) in [6, 6.07) is 0. The zero-order valence-electron chi connectivity index (χ0n) is 45.8. The van der Waals surface area contributed by atoms with E-state index in [-0.39, 0.29) is 31.1 Å². The average molecular weight is 974 g/mol. The number of hydrogen-bond donors (Lipinski definition) is 0. The van der Waals surface area contributed by atoms with Crippen LogP contribution in [0.25, 0.3) is 0 Å². The van der Waals surface area contributed by atoms with Gasteiger partial charge in [-0.25, -0.2) is 0 Å². The first-order valence-corrected chi connectivity index (χ1v) is 29.2. The lowest BCUT2D eigenvalue weighted by Crippen LogP contribution is -2.30. The highest BCUT2D eigenvalue weighted by molar-refractivity contribution is 5.71. The molecule has 0 aromatic rings. The molecule has 6 nitrogen and oxygen atoms in total. The van der Waals surface area contributed by atoms with E-state index in [4.69, 9.17) is 14.2 Å². The maximum Gasteiger partial charge on any atom is 0.306 e. The van der Waals surface area contributed by atoms with Crippen molar-refractivity contribution in [2.24, 2.45) is 0 Å². The number of allylic oxidation sites excluding steroid dienone is 16. The van der Waals surface area contributed by atoms with Crippen LogP contribution in [0.4, 0.5) is 0 Å². The smallest absolute Gasteiger partial charge is 0.306 e. The summed E-state index contributed by atoms with van der Waals surface area (Å²) in [5.74, 6) is -0.943. The van der Waals surface area contributed by atoms with Gasteiger partial charge in [0.05, 0.1) is 0 Å². The van der Waals surface area contributed by atoms with Gasteiger partial charge in [0.1, 0.15) is 13.2 Å². The molecule has 0 rings (SSSR count). The van der Waals surface area contributed by atoms with Gasteiger partial charge in [-0.05, 0) is 122 Å². The third-order valence-electron chi connectivity index (χ3n) is 12.3. The van der Waals surface area contributed by atoms with E-state index in [9.17, 15) is 14.4 Å². The first-order valence-electron chi connectivity index (χ1n) is 29.2. The van der Waals surface area contributed by atoms with Gasteiger partial charge in [0.25, 0.3) is 0 Å². The van der Waals surface area contributed by atoms with Gasteiger partial charge in [0, 0.05) is 19.3 Å². The number of esters is 3. The molecule has 0 spiro atoms. The minimum Gasteiger partial charge on any atom is -0.462 e. The van der Waals surface area contributed by atoms with E-state index in [1.807, 2.05) is 0 Å². The second-order valence-corrected chi connectivity index (χ2v) is 19.2. The maximum atomic E-state index is 12.9. The van der Waals surface area contributed by atoms with Gasteiger partial charge < -0.3 is 14.2 Å². The Morgan fingerprint density at radius 3 is 0.929 bits per heavy atom. The Hall–Kier alpha value is -3.67. The lowest BCUT2D eigenvalue weighted by atomic mass is 10.1. The van der Waals surface area contributed by atoms with Gasteiger partial charge in [-0.1, -0.05) is 227 Å². The molecule has 0 aromatic heterocycles. The molecule has 0 aliphatic carbocycles. The molecule has 0 aliphatic heterocycles. The molecule has 0 radical (unpaired) electrons. The molecule has 70 heavy (non-hydrogen) atoms. The second-order valence-electron chi connectivity index (χ2n) is 19.2. The zero-order chi connectivity index (χ0) is 50.7. The van der Waals surface area contributed by atoms with Gasteiger partial charge in [-0.2, -0.15) is 0 Å². The predicted octanol–water partition coefficient (Wildman–Crippen LogP) is 19.7. The van der Waals surface area contributed by atoms with Crippen molar-refractivity contribution >= 4 is 17.9 Å². The summed E-state index contributed by atoms with van der Waals surface area (Å²) in [5, 5.41) is 0. The molecular weight excluding hydrogens is 865 g/mol. The van der Waals surface area contributed by atoms with Crippen molar-refractivity contribution in [2.75, 3.05) is 13.2 Å². The molecule has 0 saturated carbocycles. The Bertz CT molecular complexity index is 1400. The highest BCUT2D eigenvalue weighted by Gasteiger charge is 2.19. The molecule has 6 heteroatoms. The summed E-state index contributed by atoms with van der Waals surface area (Å²) < 4.78 is 16.8. The van der Waals surface area contributed by atoms with Gasteiger partial charge in [-0.15, -0.1) is 0 Å². The Labute approximate surface area is 432 Å². The molecule has 1 unspecified atom stereocenters. The van der Waals surface area contributed by atoms with E-state index in [1.54, 1.807) is 0 Å². The van der Waals surface area contributed by atoms with Crippen LogP contribution in [0.5, 0.6) is 0 Å². The van der Waals surface area contributed by atoms with Crippen LogP contribution < -0.4 is 0 Å². The molecule has 0 heterocycles. The van der Waals surface area contributed by atoms with Crippen molar-refractivity contribution < 1.29 is 28.6 Å². The van der Waals surface area contributed by atoms with E-state index < -0.39 is 6.10 Å². The second kappa shape index (κ2) is 57.9. The fourth-order valence-electron chi connectivity index (χ4n) is 7.91. The van der Waals surface area contributed by atoms with Crippen molar-refractivity contribution in [1.29, 1.82) is 0 Å². The Balaban J connectivity index is 4.47. The number of hydrogen-bond acceptors (Lipinski definition) is 6. The Kier molecular flexibility index (Phi) is 54.9. The Morgan fingerprint density at radius 2 is 0.557 bits per heavy atom. The highest BCUT2D eigenvalue weighted by Crippen LogP contribution is 2.14. The summed E-state index contributed by atoms with van der Waals surface area (Å²) in [7, 11) is 0. The highest BCUT2D eigenvalue weighted by atomic mass is 16.6. The number of ether oxygens (including phenoxy) is 3. The number of unbranched alkanes of at least 4 members (excludes halogenated alkanes) is 25. The van der Waals surface area contributed by atoms with Crippen LogP contribution in [0.3, 0.4) is 0 Å². The fraction of sp³-hybridized carbons (Fsp3) is 0.703. The van der Waals surface area contributed by atoms with Crippen LogP contribution >= 0.6 is 0 Å². The van der Waals surface area contributed by atoms with Crippen LogP contribution in [0, 0.1) is 0 Å². The van der Waals surface area contributed by atoms with Crippen LogP contribution in [-0.2, 0) is 28.6 Å². The standard InChI is InChI=1S/C64H108O6/c1-4-7-10-13-16-19-22-25-28-30-32-34-36-39-42-45-48-51-54-57-63(66)69-60-61(59-68-62(65)56-53-50-47-44-41-38-35-27-24-21-18-15-12-9-6-3)70-64(67)58-55-52-49-46-43-40-37-33-31-29-26-23-20-17-14-11-8-5-2/h7,10,16,18-19,21,25,27-29,31-32,34-35,39,42,61H,4-6,8-9,11-15,17,20,22-24,26,30,33,36-38,40-41,43-60H2,1-3H3/b10-7-,19-16-,21-18-,28-25-,31-29-,34-32-,35-27-,42-39-. The predicted molar refractivity (Wildman–Crippen MR) is 302 cm³/mol. The lowest BCUT2D eigenvalue weighted by molar-refractivity contribution is -0.167. The van der Waals surface area contributed by atoms with Gasteiger partial charge in [0.15, 0.2) is 6.10 Å². The van der Waals surface area contributed by atoms with Gasteiger partial charge in [0.2, 0.25) is 0 Å². The van der Waals surface area contributed by atoms with Crippen molar-refractivity contribution in [2.45, 2.75) is 277 Å². The quantitative estimate of drug-likeness (QED) is 0.0262. The van der Waals surface area contributed by atoms with Crippen molar-refractivity contribution in [1.82, 2.24) is 0 Å². The Morgan fingerprint density at radius 1 is 0.300 bits per heavy atom. The summed E-state index contributed by atoms with van der Waals surface area (Å²) in [6.45, 7) is 6.46. The number of rotatable bonds is 52. The molecule has 0 aliphatic rings. The zero-order valence-corrected chi connectivity index (χ0v) is 45.8. The fourth-order valence-corrected chi connectivity index (χ4v) is 7.91. The summed E-state index contributed by atoms with van der Waals surface area (Å²) in [4.78, 5) is 38.2. The van der Waals surface area contributed by atoms with E-state index in [0.29, 0.717) is 19.3 Å². The third-order valence-corrected chi connectivity index (χ3v) is 12.3. The largest absolute Gasteiger partial charge is 0.462 e. The van der Waals surface area contributed by atoms with Crippen LogP contribution in [0.2, 0.25) is 0 Å².